The number of hydrogen-bond acceptors (Lipinski definition) is 3. The van der Waals surface area contributed by atoms with E-state index in [-0.39, 0.29) is 12.1 Å². The van der Waals surface area contributed by atoms with Gasteiger partial charge in [-0.15, -0.1) is 0 Å². The van der Waals surface area contributed by atoms with Gasteiger partial charge in [-0.2, -0.15) is 0 Å². The van der Waals surface area contributed by atoms with Crippen LogP contribution in [0.15, 0.2) is 36.3 Å². The van der Waals surface area contributed by atoms with Crippen molar-refractivity contribution in [2.24, 2.45) is 0 Å². The van der Waals surface area contributed by atoms with Crippen LogP contribution in [0.3, 0.4) is 0 Å². The Morgan fingerprint density at radius 3 is 2.92 bits per heavy atom. The van der Waals surface area contributed by atoms with Gasteiger partial charge in [-0.1, -0.05) is 12.2 Å². The first-order valence-corrected chi connectivity index (χ1v) is 4.07. The van der Waals surface area contributed by atoms with Crippen molar-refractivity contribution in [2.75, 3.05) is 0 Å². The van der Waals surface area contributed by atoms with Gasteiger partial charge in [0.05, 0.1) is 6.26 Å². The number of hydrogen-bond donors (Lipinski definition) is 0. The third-order valence-electron chi connectivity index (χ3n) is 1.51. The molecule has 13 heavy (non-hydrogen) atoms. The quantitative estimate of drug-likeness (QED) is 0.609. The smallest absolute Gasteiger partial charge is 0.303 e. The maximum atomic E-state index is 10.6. The van der Waals surface area contributed by atoms with E-state index >= 15 is 0 Å². The zero-order chi connectivity index (χ0) is 9.68. The SMILES string of the molecule is CC(=O)OC(C)C1=CC=CC=CO1. The zero-order valence-electron chi connectivity index (χ0n) is 7.69. The van der Waals surface area contributed by atoms with Crippen molar-refractivity contribution in [3.05, 3.63) is 36.3 Å². The number of carbonyl (C=O) groups excluding carboxylic acids is 1. The number of allylic oxidation sites excluding steroid dienone is 4. The lowest BCUT2D eigenvalue weighted by atomic mass is 10.3. The topological polar surface area (TPSA) is 35.5 Å². The lowest BCUT2D eigenvalue weighted by molar-refractivity contribution is -0.145. The Bertz CT molecular complexity index is 274. The summed E-state index contributed by atoms with van der Waals surface area (Å²) in [6.45, 7) is 3.14. The highest BCUT2D eigenvalue weighted by Crippen LogP contribution is 2.11. The van der Waals surface area contributed by atoms with Crippen LogP contribution in [0.4, 0.5) is 0 Å². The Balaban J connectivity index is 2.60. The second kappa shape index (κ2) is 4.50. The molecule has 1 aliphatic rings. The Labute approximate surface area is 77.3 Å². The van der Waals surface area contributed by atoms with Gasteiger partial charge in [0.15, 0.2) is 6.10 Å². The summed E-state index contributed by atoms with van der Waals surface area (Å²) in [5.74, 6) is 0.314. The summed E-state index contributed by atoms with van der Waals surface area (Å²) in [6.07, 6.45) is 8.42. The van der Waals surface area contributed by atoms with E-state index < -0.39 is 0 Å². The number of esters is 1. The maximum absolute atomic E-state index is 10.6. The molecule has 0 amide bonds. The van der Waals surface area contributed by atoms with Crippen LogP contribution in [0.5, 0.6) is 0 Å². The van der Waals surface area contributed by atoms with Gasteiger partial charge in [-0.3, -0.25) is 4.79 Å². The molecule has 1 heterocycles. The average Bonchev–Trinajstić information content (AvgIpc) is 2.29. The van der Waals surface area contributed by atoms with Gasteiger partial charge in [-0.25, -0.2) is 0 Å². The van der Waals surface area contributed by atoms with E-state index in [1.54, 1.807) is 25.3 Å². The molecule has 0 radical (unpaired) electrons. The molecule has 1 atom stereocenters. The molecule has 0 saturated carbocycles. The third-order valence-corrected chi connectivity index (χ3v) is 1.51. The van der Waals surface area contributed by atoms with Crippen molar-refractivity contribution in [3.63, 3.8) is 0 Å². The van der Waals surface area contributed by atoms with E-state index in [1.807, 2.05) is 12.2 Å². The van der Waals surface area contributed by atoms with Crippen molar-refractivity contribution in [3.8, 4) is 0 Å². The molecule has 1 rings (SSSR count). The van der Waals surface area contributed by atoms with Crippen LogP contribution in [0.25, 0.3) is 0 Å². The minimum atomic E-state index is -0.343. The van der Waals surface area contributed by atoms with Gasteiger partial charge in [-0.05, 0) is 19.1 Å². The fourth-order valence-electron chi connectivity index (χ4n) is 0.955. The van der Waals surface area contributed by atoms with E-state index in [0.29, 0.717) is 5.76 Å². The lowest BCUT2D eigenvalue weighted by Gasteiger charge is -2.13. The molecule has 0 spiro atoms. The second-order valence-corrected chi connectivity index (χ2v) is 2.65. The lowest BCUT2D eigenvalue weighted by Crippen LogP contribution is -2.15. The van der Waals surface area contributed by atoms with Gasteiger partial charge in [0, 0.05) is 6.92 Å². The predicted molar refractivity (Wildman–Crippen MR) is 48.7 cm³/mol. The van der Waals surface area contributed by atoms with Crippen molar-refractivity contribution in [2.45, 2.75) is 20.0 Å². The molecule has 3 heteroatoms. The summed E-state index contributed by atoms with van der Waals surface area (Å²) in [4.78, 5) is 10.6. The molecule has 0 aliphatic carbocycles. The van der Waals surface area contributed by atoms with Gasteiger partial charge in [0.1, 0.15) is 5.76 Å². The van der Waals surface area contributed by atoms with Crippen LogP contribution in [-0.2, 0) is 14.3 Å². The van der Waals surface area contributed by atoms with E-state index in [2.05, 4.69) is 0 Å². The third kappa shape index (κ3) is 3.15. The van der Waals surface area contributed by atoms with Gasteiger partial charge in [0.2, 0.25) is 0 Å². The molecule has 0 saturated heterocycles. The van der Waals surface area contributed by atoms with Crippen molar-refractivity contribution in [1.82, 2.24) is 0 Å². The van der Waals surface area contributed by atoms with Crippen molar-refractivity contribution in [1.29, 1.82) is 0 Å². The van der Waals surface area contributed by atoms with Gasteiger partial charge < -0.3 is 9.47 Å². The summed E-state index contributed by atoms with van der Waals surface area (Å²) in [7, 11) is 0. The highest BCUT2D eigenvalue weighted by molar-refractivity contribution is 5.66. The molecule has 0 aromatic heterocycles. The fourth-order valence-corrected chi connectivity index (χ4v) is 0.955. The standard InChI is InChI=1S/C10H12O3/c1-8(13-9(2)11)10-6-4-3-5-7-12-10/h3-8H,1-2H3. The van der Waals surface area contributed by atoms with Crippen LogP contribution in [0.1, 0.15) is 13.8 Å². The molecule has 1 aliphatic heterocycles. The Morgan fingerprint density at radius 2 is 2.23 bits per heavy atom. The maximum Gasteiger partial charge on any atom is 0.303 e. The molecular formula is C10H12O3. The molecule has 0 bridgehead atoms. The first-order chi connectivity index (χ1) is 6.20. The molecule has 70 valence electrons. The van der Waals surface area contributed by atoms with Crippen LogP contribution < -0.4 is 0 Å². The second-order valence-electron chi connectivity index (χ2n) is 2.65. The average molecular weight is 180 g/mol. The molecule has 3 nitrogen and oxygen atoms in total. The largest absolute Gasteiger partial charge is 0.465 e. The summed E-state index contributed by atoms with van der Waals surface area (Å²) >= 11 is 0. The van der Waals surface area contributed by atoms with Crippen molar-refractivity contribution >= 4 is 5.97 Å². The first kappa shape index (κ1) is 9.58. The van der Waals surface area contributed by atoms with Crippen molar-refractivity contribution < 1.29 is 14.3 Å². The molecule has 0 N–H and O–H groups in total. The molecule has 0 aromatic rings. The molecular weight excluding hydrogens is 168 g/mol. The minimum Gasteiger partial charge on any atom is -0.465 e. The normalized spacial score (nSPS) is 16.9. The Morgan fingerprint density at radius 1 is 1.46 bits per heavy atom. The number of rotatable bonds is 2. The summed E-state index contributed by atoms with van der Waals surface area (Å²) < 4.78 is 10.2. The van der Waals surface area contributed by atoms with Crippen LogP contribution >= 0.6 is 0 Å². The molecule has 0 fully saturated rings. The van der Waals surface area contributed by atoms with Crippen LogP contribution in [-0.4, -0.2) is 12.1 Å². The van der Waals surface area contributed by atoms with E-state index in [0.717, 1.165) is 0 Å². The summed E-state index contributed by atoms with van der Waals surface area (Å²) in [6, 6.07) is 0. The monoisotopic (exact) mass is 180 g/mol. The molecule has 0 aromatic carbocycles. The highest BCUT2D eigenvalue weighted by atomic mass is 16.6. The van der Waals surface area contributed by atoms with E-state index in [9.17, 15) is 4.79 Å². The zero-order valence-corrected chi connectivity index (χ0v) is 7.69. The predicted octanol–water partition coefficient (Wildman–Crippen LogP) is 1.92. The first-order valence-electron chi connectivity index (χ1n) is 4.07. The number of ether oxygens (including phenoxy) is 2. The number of carbonyl (C=O) groups is 1. The minimum absolute atomic E-state index is 0.311. The summed E-state index contributed by atoms with van der Waals surface area (Å²) in [5, 5.41) is 0. The Hall–Kier alpha value is -1.51. The van der Waals surface area contributed by atoms with Gasteiger partial charge in [0.25, 0.3) is 0 Å². The fraction of sp³-hybridized carbons (Fsp3) is 0.300. The van der Waals surface area contributed by atoms with E-state index in [4.69, 9.17) is 9.47 Å². The molecule has 1 unspecified atom stereocenters. The van der Waals surface area contributed by atoms with E-state index in [1.165, 1.54) is 6.92 Å². The van der Waals surface area contributed by atoms with Gasteiger partial charge >= 0.3 is 5.97 Å². The Kier molecular flexibility index (Phi) is 3.31. The van der Waals surface area contributed by atoms with Crippen LogP contribution in [0.2, 0.25) is 0 Å². The van der Waals surface area contributed by atoms with Crippen LogP contribution in [0, 0.1) is 0 Å². The highest BCUT2D eigenvalue weighted by Gasteiger charge is 2.12. The summed E-state index contributed by atoms with van der Waals surface area (Å²) in [5.41, 5.74) is 0.